The number of likely N-dealkylation sites (N-methyl/N-ethyl adjacent to an activating group) is 1. The fraction of sp³-hybridized carbons (Fsp3) is 0.381. The Labute approximate surface area is 160 Å². The number of aryl methyl sites for hydroxylation is 2. The molecule has 138 valence electrons. The first-order valence-electron chi connectivity index (χ1n) is 9.10. The molecular formula is C21H26ClN3O. The summed E-state index contributed by atoms with van der Waals surface area (Å²) in [6.45, 7) is 6.36. The molecule has 1 aliphatic rings. The lowest BCUT2D eigenvalue weighted by atomic mass is 10.1. The molecule has 0 saturated carbocycles. The van der Waals surface area contributed by atoms with Crippen LogP contribution in [0.3, 0.4) is 0 Å². The minimum atomic E-state index is 0.0108. The van der Waals surface area contributed by atoms with Gasteiger partial charge < -0.3 is 15.1 Å². The zero-order chi connectivity index (χ0) is 18.5. The number of halogens is 1. The maximum Gasteiger partial charge on any atom is 0.224 e. The van der Waals surface area contributed by atoms with E-state index in [2.05, 4.69) is 41.2 Å². The summed E-state index contributed by atoms with van der Waals surface area (Å²) < 4.78 is 0. The monoisotopic (exact) mass is 371 g/mol. The van der Waals surface area contributed by atoms with Gasteiger partial charge >= 0.3 is 0 Å². The van der Waals surface area contributed by atoms with E-state index in [0.717, 1.165) is 37.4 Å². The van der Waals surface area contributed by atoms with Crippen LogP contribution in [-0.2, 0) is 11.2 Å². The average Bonchev–Trinajstić information content (AvgIpc) is 2.62. The van der Waals surface area contributed by atoms with E-state index < -0.39 is 0 Å². The molecule has 0 spiro atoms. The molecule has 1 heterocycles. The van der Waals surface area contributed by atoms with Gasteiger partial charge in [0.15, 0.2) is 0 Å². The van der Waals surface area contributed by atoms with E-state index in [1.807, 2.05) is 30.3 Å². The molecule has 26 heavy (non-hydrogen) atoms. The van der Waals surface area contributed by atoms with Gasteiger partial charge in [0, 0.05) is 49.0 Å². The van der Waals surface area contributed by atoms with Crippen molar-refractivity contribution in [2.45, 2.75) is 19.8 Å². The predicted molar refractivity (Wildman–Crippen MR) is 109 cm³/mol. The standard InChI is InChI=1S/C21H26ClN3O/c1-16-15-18(8-9-20(16)25-13-11-24(2)12-14-25)23-21(26)10-7-17-5-3-4-6-19(17)22/h3-6,8-9,15H,7,10-14H2,1-2H3,(H,23,26). The molecule has 0 aliphatic carbocycles. The Hall–Kier alpha value is -2.04. The van der Waals surface area contributed by atoms with Crippen LogP contribution in [0.4, 0.5) is 11.4 Å². The van der Waals surface area contributed by atoms with Crippen LogP contribution in [0.15, 0.2) is 42.5 Å². The van der Waals surface area contributed by atoms with Crippen LogP contribution in [0.5, 0.6) is 0 Å². The number of nitrogens with zero attached hydrogens (tertiary/aromatic N) is 2. The summed E-state index contributed by atoms with van der Waals surface area (Å²) in [7, 11) is 2.16. The van der Waals surface area contributed by atoms with Crippen LogP contribution < -0.4 is 10.2 Å². The third-order valence-corrected chi connectivity index (χ3v) is 5.27. The van der Waals surface area contributed by atoms with Crippen molar-refractivity contribution in [1.29, 1.82) is 0 Å². The number of piperazine rings is 1. The van der Waals surface area contributed by atoms with E-state index in [0.29, 0.717) is 17.9 Å². The first-order chi connectivity index (χ1) is 12.5. The van der Waals surface area contributed by atoms with Gasteiger partial charge in [0.1, 0.15) is 0 Å². The van der Waals surface area contributed by atoms with Crippen molar-refractivity contribution in [3.63, 3.8) is 0 Å². The molecule has 1 aliphatic heterocycles. The van der Waals surface area contributed by atoms with E-state index in [1.54, 1.807) is 0 Å². The summed E-state index contributed by atoms with van der Waals surface area (Å²) in [6, 6.07) is 13.8. The van der Waals surface area contributed by atoms with Gasteiger partial charge in [-0.3, -0.25) is 4.79 Å². The molecule has 0 unspecified atom stereocenters. The second-order valence-corrected chi connectivity index (χ2v) is 7.34. The van der Waals surface area contributed by atoms with Gasteiger partial charge in [-0.1, -0.05) is 29.8 Å². The smallest absolute Gasteiger partial charge is 0.224 e. The third-order valence-electron chi connectivity index (χ3n) is 4.90. The third kappa shape index (κ3) is 4.77. The number of anilines is 2. The lowest BCUT2D eigenvalue weighted by Crippen LogP contribution is -2.44. The number of hydrogen-bond donors (Lipinski definition) is 1. The number of benzene rings is 2. The van der Waals surface area contributed by atoms with Crippen LogP contribution in [-0.4, -0.2) is 44.0 Å². The fourth-order valence-corrected chi connectivity index (χ4v) is 3.54. The van der Waals surface area contributed by atoms with Gasteiger partial charge in [-0.25, -0.2) is 0 Å². The minimum Gasteiger partial charge on any atom is -0.369 e. The average molecular weight is 372 g/mol. The zero-order valence-corrected chi connectivity index (χ0v) is 16.2. The highest BCUT2D eigenvalue weighted by Gasteiger charge is 2.16. The van der Waals surface area contributed by atoms with Crippen molar-refractivity contribution in [3.8, 4) is 0 Å². The SMILES string of the molecule is Cc1cc(NC(=O)CCc2ccccc2Cl)ccc1N1CCN(C)CC1. The first-order valence-corrected chi connectivity index (χ1v) is 9.48. The van der Waals surface area contributed by atoms with Crippen molar-refractivity contribution in [3.05, 3.63) is 58.6 Å². The van der Waals surface area contributed by atoms with Gasteiger partial charge in [0.2, 0.25) is 5.91 Å². The molecule has 0 aromatic heterocycles. The molecule has 4 nitrogen and oxygen atoms in total. The molecule has 3 rings (SSSR count). The van der Waals surface area contributed by atoms with Gasteiger partial charge in [-0.05, 0) is 55.8 Å². The van der Waals surface area contributed by atoms with Gasteiger partial charge in [0.25, 0.3) is 0 Å². The highest BCUT2D eigenvalue weighted by molar-refractivity contribution is 6.31. The van der Waals surface area contributed by atoms with Gasteiger partial charge in [-0.2, -0.15) is 0 Å². The first kappa shape index (κ1) is 18.7. The summed E-state index contributed by atoms with van der Waals surface area (Å²) in [4.78, 5) is 17.0. The van der Waals surface area contributed by atoms with Crippen LogP contribution in [0.25, 0.3) is 0 Å². The summed E-state index contributed by atoms with van der Waals surface area (Å²) in [5, 5.41) is 3.72. The predicted octanol–water partition coefficient (Wildman–Crippen LogP) is 3.97. The number of hydrogen-bond acceptors (Lipinski definition) is 3. The van der Waals surface area contributed by atoms with Crippen molar-refractivity contribution in [2.24, 2.45) is 0 Å². The highest BCUT2D eigenvalue weighted by atomic mass is 35.5. The number of carbonyl (C=O) groups excluding carboxylic acids is 1. The maximum absolute atomic E-state index is 12.3. The van der Waals surface area contributed by atoms with Crippen LogP contribution in [0.1, 0.15) is 17.5 Å². The van der Waals surface area contributed by atoms with E-state index in [9.17, 15) is 4.79 Å². The Morgan fingerprint density at radius 2 is 1.85 bits per heavy atom. The molecule has 0 bridgehead atoms. The lowest BCUT2D eigenvalue weighted by Gasteiger charge is -2.35. The van der Waals surface area contributed by atoms with Crippen molar-refractivity contribution in [1.82, 2.24) is 4.90 Å². The van der Waals surface area contributed by atoms with Crippen LogP contribution in [0, 0.1) is 6.92 Å². The van der Waals surface area contributed by atoms with E-state index in [1.165, 1.54) is 11.3 Å². The molecule has 1 fully saturated rings. The van der Waals surface area contributed by atoms with Crippen molar-refractivity contribution >= 4 is 28.9 Å². The molecule has 2 aromatic carbocycles. The summed E-state index contributed by atoms with van der Waals surface area (Å²) >= 11 is 6.15. The molecule has 0 atom stereocenters. The maximum atomic E-state index is 12.3. The second kappa shape index (κ2) is 8.56. The zero-order valence-electron chi connectivity index (χ0n) is 15.5. The normalized spacial score (nSPS) is 15.1. The Morgan fingerprint density at radius 1 is 1.12 bits per heavy atom. The quantitative estimate of drug-likeness (QED) is 0.863. The number of rotatable bonds is 5. The second-order valence-electron chi connectivity index (χ2n) is 6.93. The Kier molecular flexibility index (Phi) is 6.17. The van der Waals surface area contributed by atoms with Crippen LogP contribution >= 0.6 is 11.6 Å². The molecule has 1 N–H and O–H groups in total. The molecule has 1 amide bonds. The van der Waals surface area contributed by atoms with Gasteiger partial charge in [0.05, 0.1) is 0 Å². The molecule has 1 saturated heterocycles. The van der Waals surface area contributed by atoms with Crippen LogP contribution in [0.2, 0.25) is 5.02 Å². The Bertz CT molecular complexity index is 770. The largest absolute Gasteiger partial charge is 0.369 e. The fourth-order valence-electron chi connectivity index (χ4n) is 3.31. The molecule has 5 heteroatoms. The molecule has 2 aromatic rings. The van der Waals surface area contributed by atoms with E-state index in [4.69, 9.17) is 11.6 Å². The summed E-state index contributed by atoms with van der Waals surface area (Å²) in [5.74, 6) is 0.0108. The van der Waals surface area contributed by atoms with E-state index >= 15 is 0 Å². The van der Waals surface area contributed by atoms with E-state index in [-0.39, 0.29) is 5.91 Å². The van der Waals surface area contributed by atoms with Gasteiger partial charge in [-0.15, -0.1) is 0 Å². The highest BCUT2D eigenvalue weighted by Crippen LogP contribution is 2.25. The van der Waals surface area contributed by atoms with Crippen molar-refractivity contribution < 1.29 is 4.79 Å². The Balaban J connectivity index is 1.57. The summed E-state index contributed by atoms with van der Waals surface area (Å²) in [6.07, 6.45) is 1.06. The number of nitrogens with one attached hydrogen (secondary N) is 1. The number of amides is 1. The number of carbonyl (C=O) groups is 1. The minimum absolute atomic E-state index is 0.0108. The van der Waals surface area contributed by atoms with Crippen molar-refractivity contribution in [2.75, 3.05) is 43.4 Å². The Morgan fingerprint density at radius 3 is 2.54 bits per heavy atom. The lowest BCUT2D eigenvalue weighted by molar-refractivity contribution is -0.116. The molecule has 0 radical (unpaired) electrons. The molecular weight excluding hydrogens is 346 g/mol. The topological polar surface area (TPSA) is 35.6 Å². The summed E-state index contributed by atoms with van der Waals surface area (Å²) in [5.41, 5.74) is 4.31.